The molecule has 0 radical (unpaired) electrons. The van der Waals surface area contributed by atoms with Gasteiger partial charge in [-0.2, -0.15) is 0 Å². The molecule has 6 heteroatoms. The van der Waals surface area contributed by atoms with Crippen LogP contribution >= 0.6 is 0 Å². The number of likely N-dealkylation sites (tertiary alicyclic amines) is 1. The van der Waals surface area contributed by atoms with Crippen molar-refractivity contribution in [3.05, 3.63) is 70.2 Å². The molecule has 2 heterocycles. The summed E-state index contributed by atoms with van der Waals surface area (Å²) in [6, 6.07) is 15.8. The number of amides is 1. The van der Waals surface area contributed by atoms with Crippen LogP contribution in [0.1, 0.15) is 36.8 Å². The minimum absolute atomic E-state index is 0.0796. The molecule has 0 spiro atoms. The van der Waals surface area contributed by atoms with Crippen LogP contribution in [0.3, 0.4) is 0 Å². The summed E-state index contributed by atoms with van der Waals surface area (Å²) in [5.41, 5.74) is 3.70. The molecular weight excluding hydrogens is 366 g/mol. The molecule has 0 unspecified atom stereocenters. The Hall–Kier alpha value is -2.86. The van der Waals surface area contributed by atoms with E-state index in [-0.39, 0.29) is 12.3 Å². The highest BCUT2D eigenvalue weighted by Crippen LogP contribution is 2.12. The summed E-state index contributed by atoms with van der Waals surface area (Å²) in [5, 5.41) is 2.94. The van der Waals surface area contributed by atoms with E-state index in [1.807, 2.05) is 18.2 Å². The summed E-state index contributed by atoms with van der Waals surface area (Å²) in [4.78, 5) is 25.9. The van der Waals surface area contributed by atoms with Crippen LogP contribution in [0.5, 0.6) is 0 Å². The lowest BCUT2D eigenvalue weighted by Crippen LogP contribution is -3.11. The maximum Gasteiger partial charge on any atom is 0.419 e. The van der Waals surface area contributed by atoms with Gasteiger partial charge >= 0.3 is 5.76 Å². The maximum atomic E-state index is 12.2. The van der Waals surface area contributed by atoms with Crippen LogP contribution < -0.4 is 16.0 Å². The number of fused-ring (bicyclic) bond motifs is 1. The summed E-state index contributed by atoms with van der Waals surface area (Å²) < 4.78 is 6.71. The molecule has 1 saturated heterocycles. The zero-order valence-corrected chi connectivity index (χ0v) is 16.7. The second-order valence-electron chi connectivity index (χ2n) is 7.82. The van der Waals surface area contributed by atoms with E-state index < -0.39 is 5.76 Å². The molecule has 0 atom stereocenters. The molecule has 4 rings (SSSR count). The average Bonchev–Trinajstić information content (AvgIpc) is 3.07. The van der Waals surface area contributed by atoms with E-state index in [2.05, 4.69) is 29.6 Å². The number of para-hydroxylation sites is 2. The van der Waals surface area contributed by atoms with Crippen molar-refractivity contribution < 1.29 is 14.1 Å². The fourth-order valence-electron chi connectivity index (χ4n) is 4.02. The van der Waals surface area contributed by atoms with Gasteiger partial charge in [0.15, 0.2) is 5.58 Å². The Labute approximate surface area is 170 Å². The molecule has 1 fully saturated rings. The standard InChI is InChI=1S/C23H27N3O3/c27-22(12-15-26-20-6-2-3-7-21(20)29-23(26)28)24-16-18-8-10-19(11-9-18)17-25-13-4-1-5-14-25/h2-3,6-11H,1,4-5,12-17H2,(H,24,27)/p+1. The molecule has 2 aromatic carbocycles. The number of aryl methyl sites for hydroxylation is 1. The van der Waals surface area contributed by atoms with Crippen LogP contribution in [0.15, 0.2) is 57.7 Å². The van der Waals surface area contributed by atoms with Crippen molar-refractivity contribution in [1.29, 1.82) is 0 Å². The van der Waals surface area contributed by atoms with Gasteiger partial charge in [0.25, 0.3) is 0 Å². The molecule has 0 saturated carbocycles. The maximum absolute atomic E-state index is 12.2. The molecule has 152 valence electrons. The van der Waals surface area contributed by atoms with Gasteiger partial charge in [-0.1, -0.05) is 36.4 Å². The second kappa shape index (κ2) is 9.09. The SMILES string of the molecule is O=C(CCn1c(=O)oc2ccccc21)NCc1ccc(C[NH+]2CCCCC2)cc1. The molecule has 0 bridgehead atoms. The van der Waals surface area contributed by atoms with Crippen molar-refractivity contribution >= 4 is 17.0 Å². The number of nitrogens with zero attached hydrogens (tertiary/aromatic N) is 1. The predicted molar refractivity (Wildman–Crippen MR) is 112 cm³/mol. The van der Waals surface area contributed by atoms with Crippen LogP contribution in [0.25, 0.3) is 11.1 Å². The normalized spacial score (nSPS) is 14.9. The monoisotopic (exact) mass is 394 g/mol. The Balaban J connectivity index is 1.26. The Kier molecular flexibility index (Phi) is 6.10. The van der Waals surface area contributed by atoms with E-state index >= 15 is 0 Å². The number of aromatic nitrogens is 1. The molecule has 1 amide bonds. The van der Waals surface area contributed by atoms with Crippen molar-refractivity contribution in [2.45, 2.75) is 45.3 Å². The lowest BCUT2D eigenvalue weighted by atomic mass is 10.1. The number of hydrogen-bond donors (Lipinski definition) is 2. The van der Waals surface area contributed by atoms with Crippen molar-refractivity contribution in [3.8, 4) is 0 Å². The van der Waals surface area contributed by atoms with E-state index in [1.54, 1.807) is 11.0 Å². The van der Waals surface area contributed by atoms with Crippen LogP contribution in [0.2, 0.25) is 0 Å². The van der Waals surface area contributed by atoms with Gasteiger partial charge in [-0.05, 0) is 37.0 Å². The highest BCUT2D eigenvalue weighted by Gasteiger charge is 2.14. The van der Waals surface area contributed by atoms with Gasteiger partial charge < -0.3 is 14.6 Å². The first kappa shape index (κ1) is 19.5. The molecule has 1 aliphatic rings. The van der Waals surface area contributed by atoms with Crippen molar-refractivity contribution in [3.63, 3.8) is 0 Å². The Morgan fingerprint density at radius 1 is 1.00 bits per heavy atom. The molecule has 3 aromatic rings. The van der Waals surface area contributed by atoms with E-state index in [1.165, 1.54) is 42.5 Å². The molecule has 6 nitrogen and oxygen atoms in total. The number of rotatable bonds is 7. The molecule has 1 aliphatic heterocycles. The van der Waals surface area contributed by atoms with Crippen molar-refractivity contribution in [2.24, 2.45) is 0 Å². The zero-order chi connectivity index (χ0) is 20.1. The highest BCUT2D eigenvalue weighted by molar-refractivity contribution is 5.76. The number of piperidine rings is 1. The Morgan fingerprint density at radius 3 is 2.52 bits per heavy atom. The summed E-state index contributed by atoms with van der Waals surface area (Å²) in [7, 11) is 0. The van der Waals surface area contributed by atoms with Crippen LogP contribution in [0, 0.1) is 0 Å². The van der Waals surface area contributed by atoms with E-state index in [0.29, 0.717) is 18.7 Å². The number of hydrogen-bond acceptors (Lipinski definition) is 3. The Morgan fingerprint density at radius 2 is 1.72 bits per heavy atom. The first-order valence-electron chi connectivity index (χ1n) is 10.5. The molecule has 1 aromatic heterocycles. The number of benzene rings is 2. The first-order chi connectivity index (χ1) is 14.2. The fraction of sp³-hybridized carbons (Fsp3) is 0.391. The highest BCUT2D eigenvalue weighted by atomic mass is 16.4. The van der Waals surface area contributed by atoms with Gasteiger partial charge in [0.1, 0.15) is 6.54 Å². The predicted octanol–water partition coefficient (Wildman–Crippen LogP) is 1.87. The second-order valence-corrected chi connectivity index (χ2v) is 7.82. The minimum atomic E-state index is -0.426. The van der Waals surface area contributed by atoms with Gasteiger partial charge in [0.05, 0.1) is 18.6 Å². The third-order valence-electron chi connectivity index (χ3n) is 5.66. The summed E-state index contributed by atoms with van der Waals surface area (Å²) in [6.45, 7) is 4.43. The fourth-order valence-corrected chi connectivity index (χ4v) is 4.02. The lowest BCUT2D eigenvalue weighted by Gasteiger charge is -2.23. The quantitative estimate of drug-likeness (QED) is 0.643. The van der Waals surface area contributed by atoms with Gasteiger partial charge in [-0.3, -0.25) is 9.36 Å². The van der Waals surface area contributed by atoms with Crippen molar-refractivity contribution in [2.75, 3.05) is 13.1 Å². The number of oxazole rings is 1. The molecule has 0 aliphatic carbocycles. The van der Waals surface area contributed by atoms with Crippen molar-refractivity contribution in [1.82, 2.24) is 9.88 Å². The molecule has 2 N–H and O–H groups in total. The summed E-state index contributed by atoms with van der Waals surface area (Å²) in [5.74, 6) is -0.505. The summed E-state index contributed by atoms with van der Waals surface area (Å²) in [6.07, 6.45) is 4.27. The third-order valence-corrected chi connectivity index (χ3v) is 5.66. The lowest BCUT2D eigenvalue weighted by molar-refractivity contribution is -0.918. The van der Waals surface area contributed by atoms with Crippen LogP contribution in [-0.2, 0) is 24.4 Å². The van der Waals surface area contributed by atoms with E-state index in [4.69, 9.17) is 4.42 Å². The topological polar surface area (TPSA) is 68.7 Å². The Bertz CT molecular complexity index is 1010. The third kappa shape index (κ3) is 4.95. The summed E-state index contributed by atoms with van der Waals surface area (Å²) >= 11 is 0. The number of quaternary nitrogens is 1. The smallest absolute Gasteiger partial charge is 0.408 e. The molecule has 29 heavy (non-hydrogen) atoms. The van der Waals surface area contributed by atoms with E-state index in [9.17, 15) is 9.59 Å². The van der Waals surface area contributed by atoms with Crippen LogP contribution in [-0.4, -0.2) is 23.6 Å². The van der Waals surface area contributed by atoms with Gasteiger partial charge in [0, 0.05) is 25.1 Å². The van der Waals surface area contributed by atoms with Gasteiger partial charge in [-0.25, -0.2) is 4.79 Å². The zero-order valence-electron chi connectivity index (χ0n) is 16.7. The van der Waals surface area contributed by atoms with E-state index in [0.717, 1.165) is 17.6 Å². The number of carbonyl (C=O) groups excluding carboxylic acids is 1. The molecular formula is C23H28N3O3+. The largest absolute Gasteiger partial charge is 0.419 e. The van der Waals surface area contributed by atoms with Crippen LogP contribution in [0.4, 0.5) is 0 Å². The first-order valence-corrected chi connectivity index (χ1v) is 10.5. The minimum Gasteiger partial charge on any atom is -0.408 e. The average molecular weight is 394 g/mol. The number of carbonyl (C=O) groups is 1. The van der Waals surface area contributed by atoms with Gasteiger partial charge in [0.2, 0.25) is 5.91 Å². The van der Waals surface area contributed by atoms with Gasteiger partial charge in [-0.15, -0.1) is 0 Å². The number of nitrogens with one attached hydrogen (secondary N) is 2.